The second-order valence-electron chi connectivity index (χ2n) is 3.66. The first-order valence-corrected chi connectivity index (χ1v) is 6.58. The molecule has 0 aliphatic heterocycles. The molecule has 0 radical (unpaired) electrons. The number of fused-ring (bicyclic) bond motifs is 1. The van der Waals surface area contributed by atoms with E-state index >= 15 is 0 Å². The first kappa shape index (κ1) is 12.4. The van der Waals surface area contributed by atoms with E-state index in [1.807, 2.05) is 29.7 Å². The highest BCUT2D eigenvalue weighted by molar-refractivity contribution is 7.13. The summed E-state index contributed by atoms with van der Waals surface area (Å²) in [6.07, 6.45) is 0. The Labute approximate surface area is 121 Å². The molecule has 0 aliphatic rings. The van der Waals surface area contributed by atoms with Crippen LogP contribution in [0.25, 0.3) is 21.6 Å². The van der Waals surface area contributed by atoms with Gasteiger partial charge in [0.25, 0.3) is 0 Å². The quantitative estimate of drug-likeness (QED) is 0.684. The number of rotatable bonds is 1. The van der Waals surface area contributed by atoms with E-state index in [0.29, 0.717) is 11.2 Å². The van der Waals surface area contributed by atoms with Crippen molar-refractivity contribution >= 4 is 34.0 Å². The zero-order chi connectivity index (χ0) is 14.1. The Kier molecular flexibility index (Phi) is 2.99. The molecule has 8 heteroatoms. The van der Waals surface area contributed by atoms with Gasteiger partial charge in [0.05, 0.1) is 4.88 Å². The molecule has 0 atom stereocenters. The fourth-order valence-electron chi connectivity index (χ4n) is 1.67. The molecular formula is C12H3ClN6S. The van der Waals surface area contributed by atoms with Crippen molar-refractivity contribution in [3.8, 4) is 22.7 Å². The van der Waals surface area contributed by atoms with Crippen LogP contribution in [0.1, 0.15) is 11.4 Å². The van der Waals surface area contributed by atoms with Gasteiger partial charge in [0.1, 0.15) is 28.9 Å². The fourth-order valence-corrected chi connectivity index (χ4v) is 2.55. The first-order valence-electron chi connectivity index (χ1n) is 5.32. The molecule has 0 saturated heterocycles. The van der Waals surface area contributed by atoms with E-state index < -0.39 is 0 Å². The van der Waals surface area contributed by atoms with Crippen LogP contribution in [0.4, 0.5) is 0 Å². The van der Waals surface area contributed by atoms with Crippen molar-refractivity contribution < 1.29 is 0 Å². The van der Waals surface area contributed by atoms with E-state index in [4.69, 9.17) is 22.1 Å². The minimum atomic E-state index is -0.0768. The van der Waals surface area contributed by atoms with Gasteiger partial charge in [-0.2, -0.15) is 10.5 Å². The number of aromatic nitrogens is 4. The Hall–Kier alpha value is -2.61. The second kappa shape index (κ2) is 4.82. The van der Waals surface area contributed by atoms with Crippen LogP contribution in [-0.2, 0) is 0 Å². The lowest BCUT2D eigenvalue weighted by molar-refractivity contribution is 1.04. The summed E-state index contributed by atoms with van der Waals surface area (Å²) in [5, 5.41) is 27.8. The molecule has 3 heterocycles. The topological polar surface area (TPSA) is 99.1 Å². The number of nitrogens with zero attached hydrogens (tertiary/aromatic N) is 6. The maximum Gasteiger partial charge on any atom is 0.179 e. The Morgan fingerprint density at radius 3 is 2.35 bits per heavy atom. The number of hydrogen-bond donors (Lipinski definition) is 0. The van der Waals surface area contributed by atoms with Crippen molar-refractivity contribution in [2.75, 3.05) is 0 Å². The Morgan fingerprint density at radius 2 is 1.75 bits per heavy atom. The zero-order valence-electron chi connectivity index (χ0n) is 9.70. The third-order valence-electron chi connectivity index (χ3n) is 2.52. The van der Waals surface area contributed by atoms with E-state index in [9.17, 15) is 0 Å². The molecule has 0 aromatic carbocycles. The van der Waals surface area contributed by atoms with Crippen molar-refractivity contribution in [2.45, 2.75) is 0 Å². The third-order valence-corrected chi connectivity index (χ3v) is 3.65. The van der Waals surface area contributed by atoms with Crippen molar-refractivity contribution in [3.05, 3.63) is 34.1 Å². The maximum atomic E-state index is 9.03. The molecule has 0 amide bonds. The summed E-state index contributed by atoms with van der Waals surface area (Å²) >= 11 is 7.41. The number of thiophene rings is 1. The molecule has 0 N–H and O–H groups in total. The zero-order valence-corrected chi connectivity index (χ0v) is 11.3. The average Bonchev–Trinajstić information content (AvgIpc) is 3.00. The van der Waals surface area contributed by atoms with Crippen LogP contribution in [0.2, 0.25) is 5.15 Å². The van der Waals surface area contributed by atoms with Gasteiger partial charge in [-0.25, -0.2) is 9.97 Å². The summed E-state index contributed by atoms with van der Waals surface area (Å²) in [4.78, 5) is 9.05. The van der Waals surface area contributed by atoms with Crippen molar-refractivity contribution in [1.29, 1.82) is 10.5 Å². The molecule has 0 unspecified atom stereocenters. The van der Waals surface area contributed by atoms with Crippen LogP contribution in [0.3, 0.4) is 0 Å². The minimum Gasteiger partial charge on any atom is -0.230 e. The van der Waals surface area contributed by atoms with Crippen LogP contribution >= 0.6 is 22.9 Å². The monoisotopic (exact) mass is 298 g/mol. The van der Waals surface area contributed by atoms with Crippen LogP contribution < -0.4 is 0 Å². The smallest absolute Gasteiger partial charge is 0.179 e. The summed E-state index contributed by atoms with van der Waals surface area (Å²) < 4.78 is 0. The summed E-state index contributed by atoms with van der Waals surface area (Å²) in [5.74, 6) is 0. The van der Waals surface area contributed by atoms with Crippen LogP contribution in [0.15, 0.2) is 17.5 Å². The van der Waals surface area contributed by atoms with Gasteiger partial charge < -0.3 is 0 Å². The Bertz CT molecular complexity index is 891. The van der Waals surface area contributed by atoms with Crippen LogP contribution in [0, 0.1) is 22.7 Å². The molecule has 3 aromatic heterocycles. The van der Waals surface area contributed by atoms with Gasteiger partial charge in [-0.05, 0) is 11.4 Å². The van der Waals surface area contributed by atoms with E-state index in [1.54, 1.807) is 0 Å². The minimum absolute atomic E-state index is 0.0498. The van der Waals surface area contributed by atoms with E-state index in [-0.39, 0.29) is 22.1 Å². The molecular weight excluding hydrogens is 296 g/mol. The van der Waals surface area contributed by atoms with Gasteiger partial charge in [-0.1, -0.05) is 17.7 Å². The fraction of sp³-hybridized carbons (Fsp3) is 0. The Balaban J connectivity index is 2.44. The molecule has 94 valence electrons. The van der Waals surface area contributed by atoms with Gasteiger partial charge in [0, 0.05) is 0 Å². The van der Waals surface area contributed by atoms with Gasteiger partial charge in [-0.3, -0.25) is 0 Å². The molecule has 0 aliphatic carbocycles. The lowest BCUT2D eigenvalue weighted by Crippen LogP contribution is -2.00. The molecule has 0 fully saturated rings. The lowest BCUT2D eigenvalue weighted by atomic mass is 10.2. The van der Waals surface area contributed by atoms with Gasteiger partial charge in [0.2, 0.25) is 0 Å². The van der Waals surface area contributed by atoms with Gasteiger partial charge in [-0.15, -0.1) is 21.5 Å². The predicted molar refractivity (Wildman–Crippen MR) is 72.9 cm³/mol. The van der Waals surface area contributed by atoms with Crippen molar-refractivity contribution in [2.24, 2.45) is 0 Å². The number of nitriles is 2. The SMILES string of the molecule is N#Cc1nc2c(Cl)nnc(-c3cccs3)c2nc1C#N. The Morgan fingerprint density at radius 1 is 1.05 bits per heavy atom. The predicted octanol–water partition coefficient (Wildman–Crippen LogP) is 2.55. The number of hydrogen-bond acceptors (Lipinski definition) is 7. The van der Waals surface area contributed by atoms with Gasteiger partial charge >= 0.3 is 0 Å². The van der Waals surface area contributed by atoms with Gasteiger partial charge in [0.15, 0.2) is 16.5 Å². The summed E-state index contributed by atoms with van der Waals surface area (Å²) in [6, 6.07) is 7.39. The largest absolute Gasteiger partial charge is 0.230 e. The summed E-state index contributed by atoms with van der Waals surface area (Å²) in [7, 11) is 0. The molecule has 20 heavy (non-hydrogen) atoms. The van der Waals surface area contributed by atoms with Crippen LogP contribution in [0.5, 0.6) is 0 Å². The highest BCUT2D eigenvalue weighted by Gasteiger charge is 2.17. The highest BCUT2D eigenvalue weighted by atomic mass is 35.5. The first-order chi connectivity index (χ1) is 9.74. The standard InChI is InChI=1S/C12H3ClN6S/c13-12-11-10(16-6(4-14)7(5-15)17-11)9(18-19-12)8-2-1-3-20-8/h1-3H. The highest BCUT2D eigenvalue weighted by Crippen LogP contribution is 2.30. The second-order valence-corrected chi connectivity index (χ2v) is 4.96. The molecule has 0 spiro atoms. The molecule has 0 saturated carbocycles. The third kappa shape index (κ3) is 1.86. The normalized spacial score (nSPS) is 10.2. The summed E-state index contributed by atoms with van der Waals surface area (Å²) in [5.41, 5.74) is 0.991. The van der Waals surface area contributed by atoms with E-state index in [0.717, 1.165) is 4.88 Å². The van der Waals surface area contributed by atoms with E-state index in [2.05, 4.69) is 20.2 Å². The molecule has 3 rings (SSSR count). The van der Waals surface area contributed by atoms with E-state index in [1.165, 1.54) is 11.3 Å². The van der Waals surface area contributed by atoms with Crippen molar-refractivity contribution in [1.82, 2.24) is 20.2 Å². The average molecular weight is 299 g/mol. The maximum absolute atomic E-state index is 9.03. The van der Waals surface area contributed by atoms with Crippen LogP contribution in [-0.4, -0.2) is 20.2 Å². The summed E-state index contributed by atoms with van der Waals surface area (Å²) in [6.45, 7) is 0. The molecule has 3 aromatic rings. The number of halogens is 1. The lowest BCUT2D eigenvalue weighted by Gasteiger charge is -2.04. The van der Waals surface area contributed by atoms with Crippen molar-refractivity contribution in [3.63, 3.8) is 0 Å². The molecule has 6 nitrogen and oxygen atoms in total. The molecule has 0 bridgehead atoms.